The molecule has 0 unspecified atom stereocenters. The van der Waals surface area contributed by atoms with E-state index >= 15 is 0 Å². The second-order valence-corrected chi connectivity index (χ2v) is 11.0. The van der Waals surface area contributed by atoms with Gasteiger partial charge in [0.05, 0.1) is 35.3 Å². The van der Waals surface area contributed by atoms with Gasteiger partial charge in [0.2, 0.25) is 10.0 Å². The number of amides is 1. The quantitative estimate of drug-likeness (QED) is 0.637. The van der Waals surface area contributed by atoms with Gasteiger partial charge in [0.1, 0.15) is 11.9 Å². The van der Waals surface area contributed by atoms with E-state index in [4.69, 9.17) is 4.74 Å². The van der Waals surface area contributed by atoms with Crippen LogP contribution in [0, 0.1) is 11.7 Å². The van der Waals surface area contributed by atoms with Crippen LogP contribution in [0.3, 0.4) is 0 Å². The minimum absolute atomic E-state index is 0.0115. The molecule has 0 saturated carbocycles. The fraction of sp³-hybridized carbons (Fsp3) is 0.458. The number of nitrogens with zero attached hydrogens (tertiary/aromatic N) is 3. The van der Waals surface area contributed by atoms with Gasteiger partial charge in [-0.15, -0.1) is 0 Å². The number of rotatable bonds is 7. The molecule has 3 rings (SSSR count). The summed E-state index contributed by atoms with van der Waals surface area (Å²) in [4.78, 5) is 16.8. The van der Waals surface area contributed by atoms with E-state index in [0.29, 0.717) is 17.0 Å². The van der Waals surface area contributed by atoms with E-state index in [0.717, 1.165) is 12.1 Å². The fourth-order valence-corrected chi connectivity index (χ4v) is 5.12. The number of fused-ring (bicyclic) bond motifs is 1. The average molecular weight is 494 g/mol. The normalized spacial score (nSPS) is 19.8. The topological polar surface area (TPSA) is 90.4 Å². The highest BCUT2D eigenvalue weighted by Gasteiger charge is 2.36. The first-order valence-electron chi connectivity index (χ1n) is 11.1. The molecule has 1 amide bonds. The lowest BCUT2D eigenvalue weighted by Crippen LogP contribution is -2.50. The van der Waals surface area contributed by atoms with Gasteiger partial charge in [0.15, 0.2) is 5.75 Å². The predicted molar refractivity (Wildman–Crippen MR) is 128 cm³/mol. The van der Waals surface area contributed by atoms with Crippen molar-refractivity contribution in [3.05, 3.63) is 53.8 Å². The Morgan fingerprint density at radius 1 is 1.18 bits per heavy atom. The molecule has 2 aromatic carbocycles. The van der Waals surface area contributed by atoms with E-state index in [1.54, 1.807) is 24.0 Å². The summed E-state index contributed by atoms with van der Waals surface area (Å²) in [6.45, 7) is 3.74. The number of para-hydroxylation sites is 1. The summed E-state index contributed by atoms with van der Waals surface area (Å²) < 4.78 is 47.1. The molecule has 0 bridgehead atoms. The molecule has 34 heavy (non-hydrogen) atoms. The van der Waals surface area contributed by atoms with Crippen LogP contribution in [0.25, 0.3) is 0 Å². The Hall–Kier alpha value is -2.69. The number of likely N-dealkylation sites (N-methyl/N-ethyl adjacent to an activating group) is 1. The third kappa shape index (κ3) is 5.18. The Bertz CT molecular complexity index is 1120. The van der Waals surface area contributed by atoms with Gasteiger partial charge in [-0.25, -0.2) is 12.8 Å². The minimum Gasteiger partial charge on any atom is -0.486 e. The van der Waals surface area contributed by atoms with E-state index in [9.17, 15) is 22.7 Å². The van der Waals surface area contributed by atoms with Crippen molar-refractivity contribution in [2.24, 2.45) is 5.92 Å². The van der Waals surface area contributed by atoms with Crippen LogP contribution in [0.5, 0.6) is 5.75 Å². The lowest BCUT2D eigenvalue weighted by atomic mass is 9.99. The van der Waals surface area contributed by atoms with Gasteiger partial charge in [-0.1, -0.05) is 13.0 Å². The zero-order valence-corrected chi connectivity index (χ0v) is 20.9. The number of hydrogen-bond acceptors (Lipinski definition) is 6. The van der Waals surface area contributed by atoms with Crippen molar-refractivity contribution in [1.29, 1.82) is 0 Å². The van der Waals surface area contributed by atoms with Crippen molar-refractivity contribution in [2.75, 3.05) is 45.7 Å². The van der Waals surface area contributed by atoms with Crippen LogP contribution >= 0.6 is 0 Å². The summed E-state index contributed by atoms with van der Waals surface area (Å²) in [6.07, 6.45) is -0.596. The summed E-state index contributed by atoms with van der Waals surface area (Å²) >= 11 is 0. The van der Waals surface area contributed by atoms with Gasteiger partial charge in [0, 0.05) is 33.6 Å². The van der Waals surface area contributed by atoms with Crippen LogP contribution in [0.15, 0.2) is 47.4 Å². The molecule has 0 spiro atoms. The van der Waals surface area contributed by atoms with Gasteiger partial charge in [-0.05, 0) is 43.3 Å². The van der Waals surface area contributed by atoms with Crippen molar-refractivity contribution in [2.45, 2.75) is 30.9 Å². The van der Waals surface area contributed by atoms with Gasteiger partial charge in [-0.2, -0.15) is 4.31 Å². The molecular formula is C24H32FN3O5S. The number of aliphatic hydroxyl groups is 1. The lowest BCUT2D eigenvalue weighted by Gasteiger charge is -2.38. The largest absolute Gasteiger partial charge is 0.486 e. The molecule has 8 nitrogen and oxygen atoms in total. The van der Waals surface area contributed by atoms with E-state index in [1.165, 1.54) is 23.5 Å². The Morgan fingerprint density at radius 2 is 1.82 bits per heavy atom. The lowest BCUT2D eigenvalue weighted by molar-refractivity contribution is 0.0388. The first-order valence-corrected chi connectivity index (χ1v) is 12.5. The predicted octanol–water partition coefficient (Wildman–Crippen LogP) is 2.43. The van der Waals surface area contributed by atoms with Gasteiger partial charge < -0.3 is 19.6 Å². The molecule has 1 aliphatic rings. The van der Waals surface area contributed by atoms with Crippen molar-refractivity contribution in [1.82, 2.24) is 9.21 Å². The number of benzene rings is 2. The fourth-order valence-electron chi connectivity index (χ4n) is 3.94. The SMILES string of the molecule is C[C@@H]1CN([C@@H](C)CO)C(=O)c2cccc(N(C)C)c2O[C@H]1CN(C)S(=O)(=O)c1ccc(F)cc1. The molecule has 0 fully saturated rings. The monoisotopic (exact) mass is 493 g/mol. The minimum atomic E-state index is -3.89. The van der Waals surface area contributed by atoms with Crippen LogP contribution in [0.1, 0.15) is 24.2 Å². The highest BCUT2D eigenvalue weighted by molar-refractivity contribution is 7.89. The number of carbonyl (C=O) groups excluding carboxylic acids is 1. The summed E-state index contributed by atoms with van der Waals surface area (Å²) in [5.41, 5.74) is 1.04. The van der Waals surface area contributed by atoms with Gasteiger partial charge in [-0.3, -0.25) is 4.79 Å². The third-order valence-corrected chi connectivity index (χ3v) is 7.95. The van der Waals surface area contributed by atoms with Crippen molar-refractivity contribution in [3.63, 3.8) is 0 Å². The number of anilines is 1. The standard InChI is InChI=1S/C24H32FN3O5S/c1-16-13-28(17(2)15-29)24(30)20-7-6-8-21(26(3)4)23(20)33-22(16)14-27(5)34(31,32)19-11-9-18(25)10-12-19/h6-12,16-17,22,29H,13-15H2,1-5H3/t16-,17+,22+/m1/s1. The van der Waals surface area contributed by atoms with E-state index < -0.39 is 28.0 Å². The first kappa shape index (κ1) is 25.9. The molecule has 0 aliphatic carbocycles. The molecule has 1 aliphatic heterocycles. The molecule has 1 heterocycles. The maximum atomic E-state index is 13.4. The Balaban J connectivity index is 2.01. The van der Waals surface area contributed by atoms with Crippen LogP contribution in [-0.2, 0) is 10.0 Å². The number of aliphatic hydroxyl groups excluding tert-OH is 1. The Morgan fingerprint density at radius 3 is 2.41 bits per heavy atom. The summed E-state index contributed by atoms with van der Waals surface area (Å²) in [5.74, 6) is -0.657. The van der Waals surface area contributed by atoms with E-state index in [1.807, 2.05) is 32.0 Å². The van der Waals surface area contributed by atoms with Gasteiger partial charge >= 0.3 is 0 Å². The second kappa shape index (κ2) is 10.3. The van der Waals surface area contributed by atoms with Crippen molar-refractivity contribution >= 4 is 21.6 Å². The number of ether oxygens (including phenoxy) is 1. The third-order valence-electron chi connectivity index (χ3n) is 6.11. The molecule has 2 aromatic rings. The second-order valence-electron chi connectivity index (χ2n) is 8.91. The number of halogens is 1. The van der Waals surface area contributed by atoms with Crippen LogP contribution < -0.4 is 9.64 Å². The van der Waals surface area contributed by atoms with Crippen LogP contribution in [0.4, 0.5) is 10.1 Å². The maximum Gasteiger partial charge on any atom is 0.258 e. The van der Waals surface area contributed by atoms with Crippen molar-refractivity contribution in [3.8, 4) is 5.75 Å². The average Bonchev–Trinajstić information content (AvgIpc) is 2.80. The summed E-state index contributed by atoms with van der Waals surface area (Å²) in [5, 5.41) is 9.76. The highest BCUT2D eigenvalue weighted by atomic mass is 32.2. The highest BCUT2D eigenvalue weighted by Crippen LogP contribution is 2.36. The molecule has 0 aromatic heterocycles. The smallest absolute Gasteiger partial charge is 0.258 e. The van der Waals surface area contributed by atoms with Crippen molar-refractivity contribution < 1.29 is 27.4 Å². The van der Waals surface area contributed by atoms with E-state index in [2.05, 4.69) is 0 Å². The maximum absolute atomic E-state index is 13.4. The molecule has 0 radical (unpaired) electrons. The summed E-state index contributed by atoms with van der Waals surface area (Å²) in [7, 11) is 1.22. The molecular weight excluding hydrogens is 461 g/mol. The molecule has 10 heteroatoms. The number of hydrogen-bond donors (Lipinski definition) is 1. The molecule has 1 N–H and O–H groups in total. The van der Waals surface area contributed by atoms with Crippen LogP contribution in [0.2, 0.25) is 0 Å². The Labute approximate surface area is 200 Å². The van der Waals surface area contributed by atoms with Crippen LogP contribution in [-0.4, -0.2) is 81.6 Å². The summed E-state index contributed by atoms with van der Waals surface area (Å²) in [6, 6.07) is 9.51. The zero-order chi connectivity index (χ0) is 25.2. The number of carbonyl (C=O) groups is 1. The first-order chi connectivity index (χ1) is 16.0. The van der Waals surface area contributed by atoms with E-state index in [-0.39, 0.29) is 36.4 Å². The molecule has 3 atom stereocenters. The molecule has 0 saturated heterocycles. The Kier molecular flexibility index (Phi) is 7.84. The number of sulfonamides is 1. The molecule has 186 valence electrons. The van der Waals surface area contributed by atoms with Gasteiger partial charge in [0.25, 0.3) is 5.91 Å². The zero-order valence-electron chi connectivity index (χ0n) is 20.1.